The van der Waals surface area contributed by atoms with Crippen LogP contribution < -0.4 is 4.74 Å². The third kappa shape index (κ3) is 3.88. The van der Waals surface area contributed by atoms with Crippen LogP contribution in [0.3, 0.4) is 0 Å². The molecule has 42 heavy (non-hydrogen) atoms. The van der Waals surface area contributed by atoms with Gasteiger partial charge in [0.2, 0.25) is 5.91 Å². The molecule has 9 heteroatoms. The van der Waals surface area contributed by atoms with Crippen molar-refractivity contribution in [3.8, 4) is 11.5 Å². The number of halogens is 3. The summed E-state index contributed by atoms with van der Waals surface area (Å²) < 4.78 is 46.4. The van der Waals surface area contributed by atoms with E-state index in [1.54, 1.807) is 24.1 Å². The van der Waals surface area contributed by atoms with Gasteiger partial charge in [-0.15, -0.1) is 0 Å². The van der Waals surface area contributed by atoms with E-state index in [9.17, 15) is 23.1 Å². The van der Waals surface area contributed by atoms with Crippen LogP contribution in [0.15, 0.2) is 42.5 Å². The molecule has 5 aliphatic rings. The molecule has 6 nitrogen and oxygen atoms in total. The lowest BCUT2D eigenvalue weighted by molar-refractivity contribution is -0.160. The number of ether oxygens (including phenoxy) is 1. The molecule has 3 aliphatic carbocycles. The molecule has 0 radical (unpaired) electrons. The van der Waals surface area contributed by atoms with Gasteiger partial charge in [-0.05, 0) is 100 Å². The Morgan fingerprint density at radius 1 is 1.14 bits per heavy atom. The number of benzene rings is 2. The monoisotopic (exact) mass is 581 g/mol. The predicted octanol–water partition coefficient (Wildman–Crippen LogP) is 5.08. The first kappa shape index (κ1) is 27.8. The number of hydrogen-bond donors (Lipinski definition) is 1. The minimum Gasteiger partial charge on any atom is -0.504 e. The predicted molar refractivity (Wildman–Crippen MR) is 153 cm³/mol. The Morgan fingerprint density at radius 2 is 1.93 bits per heavy atom. The van der Waals surface area contributed by atoms with E-state index in [1.165, 1.54) is 36.6 Å². The van der Waals surface area contributed by atoms with Crippen LogP contribution in [-0.2, 0) is 22.8 Å². The zero-order chi connectivity index (χ0) is 29.6. The quantitative estimate of drug-likeness (QED) is 0.482. The standard InChI is InChI=1S/C33H38F3N3O3/c1-37(2)32-14-13-24(38(3)27(41)12-9-20-5-4-6-23(17-20)33(34,35)36)30-31(32)15-16-39(19-21-7-8-21)26(32)18-22-10-11-25(40)29(42-30)28(22)31/h4-6,9-12,17,21,24,26,30,40H,7-8,13-16,18-19H2,1-3H3/t24-,26+,30-,31-,32+/m0/s1. The summed E-state index contributed by atoms with van der Waals surface area (Å²) in [6, 6.07) is 8.83. The molecule has 7 rings (SSSR count). The van der Waals surface area contributed by atoms with Crippen LogP contribution in [0, 0.1) is 5.92 Å². The van der Waals surface area contributed by atoms with Gasteiger partial charge < -0.3 is 19.6 Å². The van der Waals surface area contributed by atoms with E-state index in [0.29, 0.717) is 17.4 Å². The SMILES string of the molecule is CN(C(=O)C=Cc1cccc(C(F)(F)F)c1)[C@H]1CC[C@@]2(N(C)C)[C@H]3Cc4ccc(O)c5c4[C@@]2(CCN3CC2CC2)[C@H]1O5. The van der Waals surface area contributed by atoms with Crippen molar-refractivity contribution in [2.45, 2.75) is 73.8 Å². The lowest BCUT2D eigenvalue weighted by atomic mass is 9.46. The van der Waals surface area contributed by atoms with Crippen molar-refractivity contribution < 1.29 is 27.8 Å². The molecule has 1 spiro atoms. The van der Waals surface area contributed by atoms with Crippen LogP contribution in [0.25, 0.3) is 6.08 Å². The van der Waals surface area contributed by atoms with Gasteiger partial charge in [-0.2, -0.15) is 13.2 Å². The van der Waals surface area contributed by atoms with Gasteiger partial charge in [-0.3, -0.25) is 9.69 Å². The molecule has 1 amide bonds. The fourth-order valence-corrected chi connectivity index (χ4v) is 9.04. The van der Waals surface area contributed by atoms with Crippen molar-refractivity contribution in [2.75, 3.05) is 34.2 Å². The number of nitrogens with zero attached hydrogens (tertiary/aromatic N) is 3. The van der Waals surface area contributed by atoms with Gasteiger partial charge in [0, 0.05) is 36.8 Å². The number of likely N-dealkylation sites (tertiary alicyclic amines) is 1. The Morgan fingerprint density at radius 3 is 2.64 bits per heavy atom. The summed E-state index contributed by atoms with van der Waals surface area (Å²) in [6.07, 6.45) is 3.98. The van der Waals surface area contributed by atoms with E-state index in [4.69, 9.17) is 4.74 Å². The number of rotatable bonds is 6. The molecule has 2 saturated carbocycles. The van der Waals surface area contributed by atoms with Gasteiger partial charge in [0.05, 0.1) is 17.0 Å². The summed E-state index contributed by atoms with van der Waals surface area (Å²) in [7, 11) is 6.11. The molecule has 2 aromatic rings. The molecular weight excluding hydrogens is 543 g/mol. The van der Waals surface area contributed by atoms with E-state index in [2.05, 4.69) is 30.0 Å². The Kier molecular flexibility index (Phi) is 6.27. The Labute approximate surface area is 244 Å². The lowest BCUT2D eigenvalue weighted by Gasteiger charge is -2.69. The van der Waals surface area contributed by atoms with E-state index < -0.39 is 17.2 Å². The molecule has 3 fully saturated rings. The molecule has 2 bridgehead atoms. The van der Waals surface area contributed by atoms with Gasteiger partial charge in [0.15, 0.2) is 11.5 Å². The van der Waals surface area contributed by atoms with Crippen LogP contribution >= 0.6 is 0 Å². The summed E-state index contributed by atoms with van der Waals surface area (Å²) in [5.41, 5.74) is 1.30. The van der Waals surface area contributed by atoms with Crippen molar-refractivity contribution in [1.29, 1.82) is 0 Å². The number of phenols is 1. The van der Waals surface area contributed by atoms with E-state index in [0.717, 1.165) is 62.4 Å². The zero-order valence-electron chi connectivity index (χ0n) is 24.3. The molecule has 1 N–H and O–H groups in total. The summed E-state index contributed by atoms with van der Waals surface area (Å²) in [4.78, 5) is 20.4. The Balaban J connectivity index is 1.25. The number of alkyl halides is 3. The minimum atomic E-state index is -4.45. The summed E-state index contributed by atoms with van der Waals surface area (Å²) in [6.45, 7) is 2.06. The number of carbonyl (C=O) groups excluding carboxylic acids is 1. The number of carbonyl (C=O) groups is 1. The zero-order valence-corrected chi connectivity index (χ0v) is 24.3. The molecular formula is C33H38F3N3O3. The fraction of sp³-hybridized carbons (Fsp3) is 0.545. The topological polar surface area (TPSA) is 56.2 Å². The van der Waals surface area contributed by atoms with Crippen molar-refractivity contribution in [3.63, 3.8) is 0 Å². The second-order valence-corrected chi connectivity index (χ2v) is 13.2. The van der Waals surface area contributed by atoms with Crippen LogP contribution in [0.1, 0.15) is 54.4 Å². The van der Waals surface area contributed by atoms with Gasteiger partial charge >= 0.3 is 6.18 Å². The lowest BCUT2D eigenvalue weighted by Crippen LogP contribution is -2.82. The van der Waals surface area contributed by atoms with Crippen molar-refractivity contribution in [1.82, 2.24) is 14.7 Å². The second-order valence-electron chi connectivity index (χ2n) is 13.2. The maximum absolute atomic E-state index is 13.5. The average molecular weight is 582 g/mol. The van der Waals surface area contributed by atoms with Gasteiger partial charge in [-0.25, -0.2) is 0 Å². The molecule has 2 heterocycles. The third-order valence-electron chi connectivity index (χ3n) is 11.0. The molecule has 2 aliphatic heterocycles. The van der Waals surface area contributed by atoms with Crippen molar-refractivity contribution >= 4 is 12.0 Å². The van der Waals surface area contributed by atoms with Gasteiger partial charge in [0.1, 0.15) is 6.10 Å². The Hall–Kier alpha value is -3.04. The highest BCUT2D eigenvalue weighted by atomic mass is 19.4. The highest BCUT2D eigenvalue weighted by Crippen LogP contribution is 2.67. The second kappa shape index (κ2) is 9.48. The summed E-state index contributed by atoms with van der Waals surface area (Å²) >= 11 is 0. The minimum absolute atomic E-state index is 0.140. The van der Waals surface area contributed by atoms with Gasteiger partial charge in [0.25, 0.3) is 0 Å². The molecule has 5 atom stereocenters. The molecule has 0 aromatic heterocycles. The van der Waals surface area contributed by atoms with E-state index in [1.807, 2.05) is 0 Å². The molecule has 0 unspecified atom stereocenters. The normalized spacial score (nSPS) is 31.7. The number of aromatic hydroxyl groups is 1. The fourth-order valence-electron chi connectivity index (χ4n) is 9.04. The number of hydrogen-bond acceptors (Lipinski definition) is 5. The van der Waals surface area contributed by atoms with E-state index in [-0.39, 0.29) is 29.3 Å². The highest BCUT2D eigenvalue weighted by Gasteiger charge is 2.74. The maximum atomic E-state index is 13.5. The maximum Gasteiger partial charge on any atom is 0.416 e. The average Bonchev–Trinajstić information content (AvgIpc) is 3.70. The van der Waals surface area contributed by atoms with Crippen molar-refractivity contribution in [3.05, 3.63) is 64.7 Å². The first-order valence-electron chi connectivity index (χ1n) is 15.0. The van der Waals surface area contributed by atoms with Crippen LogP contribution in [0.4, 0.5) is 13.2 Å². The molecule has 224 valence electrons. The number of piperidine rings is 1. The highest BCUT2D eigenvalue weighted by molar-refractivity contribution is 5.92. The molecule has 1 saturated heterocycles. The molecule has 2 aromatic carbocycles. The van der Waals surface area contributed by atoms with Crippen LogP contribution in [0.5, 0.6) is 11.5 Å². The van der Waals surface area contributed by atoms with Crippen LogP contribution in [-0.4, -0.2) is 83.7 Å². The van der Waals surface area contributed by atoms with E-state index >= 15 is 0 Å². The first-order valence-corrected chi connectivity index (χ1v) is 15.0. The number of likely N-dealkylation sites (N-methyl/N-ethyl adjacent to an activating group) is 2. The Bertz CT molecular complexity index is 1450. The summed E-state index contributed by atoms with van der Waals surface area (Å²) in [5, 5.41) is 11.0. The smallest absolute Gasteiger partial charge is 0.416 e. The number of amides is 1. The first-order chi connectivity index (χ1) is 20.0. The number of phenolic OH excluding ortho intramolecular Hbond substituents is 1. The summed E-state index contributed by atoms with van der Waals surface area (Å²) in [5.74, 6) is 1.19. The van der Waals surface area contributed by atoms with Crippen LogP contribution in [0.2, 0.25) is 0 Å². The third-order valence-corrected chi connectivity index (χ3v) is 11.0. The largest absolute Gasteiger partial charge is 0.504 e. The van der Waals surface area contributed by atoms with Crippen molar-refractivity contribution in [2.24, 2.45) is 5.92 Å². The van der Waals surface area contributed by atoms with Gasteiger partial charge in [-0.1, -0.05) is 18.2 Å².